The molecule has 0 spiro atoms. The van der Waals surface area contributed by atoms with Gasteiger partial charge < -0.3 is 5.11 Å². The molecule has 0 aromatic heterocycles. The normalized spacial score (nSPS) is 9.07. The minimum absolute atomic E-state index is 0.131. The fraction of sp³-hybridized carbons (Fsp3) is 0. The molecule has 2 N–H and O–H groups in total. The predicted molar refractivity (Wildman–Crippen MR) is 99.0 cm³/mol. The molecule has 0 aliphatic heterocycles. The third-order valence-electron chi connectivity index (χ3n) is 3.01. The van der Waals surface area contributed by atoms with Gasteiger partial charge in [-0.05, 0) is 71.9 Å². The summed E-state index contributed by atoms with van der Waals surface area (Å²) < 4.78 is 31.5. The number of hydrogen-bond acceptors (Lipinski definition) is 3. The molecule has 0 fully saturated rings. The van der Waals surface area contributed by atoms with E-state index >= 15 is 0 Å². The van der Waals surface area contributed by atoms with Crippen molar-refractivity contribution in [1.29, 1.82) is 0 Å². The molecular weight excluding hydrogens is 364 g/mol. The molecule has 0 aliphatic rings. The Bertz CT molecular complexity index is 1220. The van der Waals surface area contributed by atoms with Crippen LogP contribution in [-0.4, -0.2) is 24.0 Å². The summed E-state index contributed by atoms with van der Waals surface area (Å²) in [6.07, 6.45) is 0. The van der Waals surface area contributed by atoms with Crippen molar-refractivity contribution < 1.29 is 22.9 Å². The zero-order valence-corrected chi connectivity index (χ0v) is 14.5. The van der Waals surface area contributed by atoms with E-state index in [-0.39, 0.29) is 16.0 Å². The molecule has 2 rings (SSSR count). The van der Waals surface area contributed by atoms with Crippen LogP contribution in [0.4, 0.5) is 0 Å². The summed E-state index contributed by atoms with van der Waals surface area (Å²) in [5, 5.41) is 8.79. The summed E-state index contributed by atoms with van der Waals surface area (Å²) in [6, 6.07) is 11.8. The van der Waals surface area contributed by atoms with Crippen molar-refractivity contribution in [2.45, 2.75) is 4.90 Å². The Labute approximate surface area is 156 Å². The first-order chi connectivity index (χ1) is 12.9. The van der Waals surface area contributed by atoms with Crippen LogP contribution >= 0.6 is 0 Å². The summed E-state index contributed by atoms with van der Waals surface area (Å²) in [7, 11) is -4.35. The molecule has 0 bridgehead atoms. The van der Waals surface area contributed by atoms with Gasteiger partial charge >= 0.3 is 5.97 Å². The van der Waals surface area contributed by atoms with Gasteiger partial charge in [0, 0.05) is 11.1 Å². The molecule has 0 atom stereocenters. The van der Waals surface area contributed by atoms with Crippen molar-refractivity contribution in [3.63, 3.8) is 0 Å². The van der Waals surface area contributed by atoms with Gasteiger partial charge in [-0.3, -0.25) is 4.55 Å². The lowest BCUT2D eigenvalue weighted by Gasteiger charge is -1.98. The molecule has 130 valence electrons. The first-order valence-corrected chi connectivity index (χ1v) is 8.74. The molecule has 0 radical (unpaired) electrons. The van der Waals surface area contributed by atoms with Gasteiger partial charge in [-0.25, -0.2) is 4.79 Å². The van der Waals surface area contributed by atoms with Crippen LogP contribution in [0, 0.1) is 47.4 Å². The maximum absolute atomic E-state index is 11.2. The van der Waals surface area contributed by atoms with Crippen molar-refractivity contribution in [2.24, 2.45) is 0 Å². The van der Waals surface area contributed by atoms with Gasteiger partial charge in [0.15, 0.2) is 0 Å². The fourth-order valence-corrected chi connectivity index (χ4v) is 2.47. The molecule has 0 amide bonds. The summed E-state index contributed by atoms with van der Waals surface area (Å²) in [4.78, 5) is 10.4. The summed E-state index contributed by atoms with van der Waals surface area (Å²) in [6.45, 7) is 0. The molecular formula is C21H10O5S. The zero-order valence-electron chi connectivity index (χ0n) is 13.6. The lowest BCUT2D eigenvalue weighted by Crippen LogP contribution is -2.00. The molecule has 0 heterocycles. The second-order valence-electron chi connectivity index (χ2n) is 4.85. The Morgan fingerprint density at radius 1 is 0.778 bits per heavy atom. The smallest absolute Gasteiger partial charge is 0.335 e. The van der Waals surface area contributed by atoms with Crippen molar-refractivity contribution in [1.82, 2.24) is 0 Å². The van der Waals surface area contributed by atoms with E-state index in [9.17, 15) is 13.2 Å². The van der Waals surface area contributed by atoms with Crippen LogP contribution < -0.4 is 0 Å². The minimum atomic E-state index is -4.35. The minimum Gasteiger partial charge on any atom is -0.478 e. The number of carboxylic acid groups (broad SMARTS) is 1. The molecule has 0 saturated carbocycles. The number of benzene rings is 2. The average molecular weight is 374 g/mol. The van der Waals surface area contributed by atoms with Crippen LogP contribution in [0.1, 0.15) is 21.5 Å². The van der Waals surface area contributed by atoms with Crippen molar-refractivity contribution >= 4 is 16.1 Å². The Hall–Kier alpha value is -3.94. The largest absolute Gasteiger partial charge is 0.478 e. The molecule has 27 heavy (non-hydrogen) atoms. The van der Waals surface area contributed by atoms with E-state index in [0.717, 1.165) is 0 Å². The van der Waals surface area contributed by atoms with E-state index in [1.165, 1.54) is 30.3 Å². The van der Waals surface area contributed by atoms with Crippen LogP contribution in [0.5, 0.6) is 0 Å². The third kappa shape index (κ3) is 6.13. The third-order valence-corrected chi connectivity index (χ3v) is 3.93. The van der Waals surface area contributed by atoms with Gasteiger partial charge in [0.2, 0.25) is 0 Å². The highest BCUT2D eigenvalue weighted by atomic mass is 32.2. The lowest BCUT2D eigenvalue weighted by atomic mass is 10.1. The molecule has 2 aromatic rings. The van der Waals surface area contributed by atoms with E-state index in [2.05, 4.69) is 47.4 Å². The van der Waals surface area contributed by atoms with Gasteiger partial charge in [0.05, 0.1) is 5.56 Å². The lowest BCUT2D eigenvalue weighted by molar-refractivity contribution is 0.0697. The van der Waals surface area contributed by atoms with Gasteiger partial charge in [0.1, 0.15) is 4.90 Å². The predicted octanol–water partition coefficient (Wildman–Crippen LogP) is 2.04. The summed E-state index contributed by atoms with van der Waals surface area (Å²) in [5.41, 5.74) is 0.919. The van der Waals surface area contributed by atoms with Crippen LogP contribution in [0.25, 0.3) is 0 Å². The van der Waals surface area contributed by atoms with Crippen LogP contribution in [-0.2, 0) is 10.1 Å². The van der Waals surface area contributed by atoms with Gasteiger partial charge in [-0.15, -0.1) is 0 Å². The Balaban J connectivity index is 2.06. The fourth-order valence-electron chi connectivity index (χ4n) is 1.82. The van der Waals surface area contributed by atoms with Crippen LogP contribution in [0.15, 0.2) is 53.4 Å². The van der Waals surface area contributed by atoms with E-state index in [0.29, 0.717) is 5.56 Å². The maximum atomic E-state index is 11.2. The highest BCUT2D eigenvalue weighted by Gasteiger charge is 2.12. The Morgan fingerprint density at radius 2 is 1.33 bits per heavy atom. The number of aromatic carboxylic acids is 1. The topological polar surface area (TPSA) is 91.7 Å². The summed E-state index contributed by atoms with van der Waals surface area (Å²) >= 11 is 0. The first kappa shape index (κ1) is 19.4. The summed E-state index contributed by atoms with van der Waals surface area (Å²) in [5.74, 6) is 19.1. The second-order valence-corrected chi connectivity index (χ2v) is 6.24. The Kier molecular flexibility index (Phi) is 6.43. The molecule has 0 aliphatic carbocycles. The van der Waals surface area contributed by atoms with Crippen LogP contribution in [0.3, 0.4) is 0 Å². The molecule has 2 aromatic carbocycles. The average Bonchev–Trinajstić information content (AvgIpc) is 2.64. The highest BCUT2D eigenvalue weighted by molar-refractivity contribution is 7.85. The number of rotatable bonds is 2. The van der Waals surface area contributed by atoms with E-state index in [1.54, 1.807) is 18.2 Å². The molecule has 0 saturated heterocycles. The standard InChI is InChI=1S/C21H10O5S/c22-21(23)19-15-13-17(14-16-19)9-5-3-1-2-4-6-10-18-11-7-8-12-20(18)27(24,25)26/h7-8,11-16H,(H,22,23)(H,24,25,26). The molecule has 5 nitrogen and oxygen atoms in total. The van der Waals surface area contributed by atoms with Gasteiger partial charge in [0.25, 0.3) is 10.1 Å². The monoisotopic (exact) mass is 374 g/mol. The van der Waals surface area contributed by atoms with E-state index in [4.69, 9.17) is 9.66 Å². The number of carbonyl (C=O) groups is 1. The van der Waals surface area contributed by atoms with Crippen molar-refractivity contribution in [3.05, 3.63) is 65.2 Å². The van der Waals surface area contributed by atoms with Crippen LogP contribution in [0.2, 0.25) is 0 Å². The highest BCUT2D eigenvalue weighted by Crippen LogP contribution is 2.13. The van der Waals surface area contributed by atoms with E-state index < -0.39 is 16.1 Å². The second kappa shape index (κ2) is 8.95. The molecule has 0 unspecified atom stereocenters. The van der Waals surface area contributed by atoms with Gasteiger partial charge in [-0.2, -0.15) is 8.42 Å². The molecule has 6 heteroatoms. The SMILES string of the molecule is O=C(O)c1ccc(C#CC#CC#CC#Cc2ccccc2S(=O)(=O)O)cc1. The van der Waals surface area contributed by atoms with E-state index in [1.807, 2.05) is 0 Å². The Morgan fingerprint density at radius 3 is 1.93 bits per heavy atom. The van der Waals surface area contributed by atoms with Crippen molar-refractivity contribution in [2.75, 3.05) is 0 Å². The van der Waals surface area contributed by atoms with Gasteiger partial charge in [-0.1, -0.05) is 24.0 Å². The maximum Gasteiger partial charge on any atom is 0.335 e. The first-order valence-electron chi connectivity index (χ1n) is 7.30. The quantitative estimate of drug-likeness (QED) is 0.620. The zero-order chi connectivity index (χ0) is 19.7. The number of carboxylic acids is 1. The van der Waals surface area contributed by atoms with Crippen molar-refractivity contribution in [3.8, 4) is 47.4 Å². The number of hydrogen-bond donors (Lipinski definition) is 2.